The molecular weight excluding hydrogens is 204 g/mol. The Morgan fingerprint density at radius 1 is 1.38 bits per heavy atom. The molecule has 0 bridgehead atoms. The Hall–Kier alpha value is -1.51. The van der Waals surface area contributed by atoms with Gasteiger partial charge in [0.25, 0.3) is 0 Å². The van der Waals surface area contributed by atoms with Crippen LogP contribution in [0.4, 0.5) is 0 Å². The normalized spacial score (nSPS) is 24.2. The molecule has 0 aliphatic carbocycles. The van der Waals surface area contributed by atoms with Crippen molar-refractivity contribution in [3.05, 3.63) is 29.8 Å². The fourth-order valence-corrected chi connectivity index (χ4v) is 2.10. The van der Waals surface area contributed by atoms with Gasteiger partial charge in [0.15, 0.2) is 0 Å². The minimum absolute atomic E-state index is 0.0802. The van der Waals surface area contributed by atoms with E-state index in [0.717, 1.165) is 17.7 Å². The summed E-state index contributed by atoms with van der Waals surface area (Å²) in [4.78, 5) is 11.3. The van der Waals surface area contributed by atoms with Gasteiger partial charge in [-0.15, -0.1) is 0 Å². The van der Waals surface area contributed by atoms with Gasteiger partial charge in [-0.1, -0.05) is 19.1 Å². The van der Waals surface area contributed by atoms with E-state index in [4.69, 9.17) is 9.47 Å². The minimum Gasteiger partial charge on any atom is -0.497 e. The van der Waals surface area contributed by atoms with Gasteiger partial charge in [0.05, 0.1) is 13.5 Å². The highest BCUT2D eigenvalue weighted by molar-refractivity contribution is 5.72. The first-order valence-corrected chi connectivity index (χ1v) is 5.58. The van der Waals surface area contributed by atoms with E-state index in [1.807, 2.05) is 24.3 Å². The number of rotatable bonds is 3. The third-order valence-electron chi connectivity index (χ3n) is 3.08. The molecule has 0 amide bonds. The Kier molecular flexibility index (Phi) is 3.13. The third-order valence-corrected chi connectivity index (χ3v) is 3.08. The fraction of sp³-hybridized carbons (Fsp3) is 0.462. The van der Waals surface area contributed by atoms with Gasteiger partial charge in [0.2, 0.25) is 0 Å². The lowest BCUT2D eigenvalue weighted by atomic mass is 9.93. The highest BCUT2D eigenvalue weighted by Crippen LogP contribution is 2.37. The van der Waals surface area contributed by atoms with Crippen LogP contribution in [0.15, 0.2) is 24.3 Å². The van der Waals surface area contributed by atoms with E-state index in [9.17, 15) is 4.79 Å². The van der Waals surface area contributed by atoms with Crippen molar-refractivity contribution in [3.63, 3.8) is 0 Å². The van der Waals surface area contributed by atoms with Crippen LogP contribution in [0.3, 0.4) is 0 Å². The van der Waals surface area contributed by atoms with E-state index >= 15 is 0 Å². The molecule has 1 aliphatic rings. The molecular formula is C13H16O3. The molecule has 3 heteroatoms. The van der Waals surface area contributed by atoms with Crippen molar-refractivity contribution in [2.24, 2.45) is 5.92 Å². The second-order valence-electron chi connectivity index (χ2n) is 4.06. The number of hydrogen-bond donors (Lipinski definition) is 0. The number of hydrogen-bond acceptors (Lipinski definition) is 3. The molecule has 0 aromatic heterocycles. The number of cyclic esters (lactones) is 1. The van der Waals surface area contributed by atoms with Crippen LogP contribution < -0.4 is 4.74 Å². The second kappa shape index (κ2) is 4.56. The molecule has 0 spiro atoms. The summed E-state index contributed by atoms with van der Waals surface area (Å²) in [5.41, 5.74) is 1.05. The summed E-state index contributed by atoms with van der Waals surface area (Å²) in [5.74, 6) is 1.04. The predicted octanol–water partition coefficient (Wildman–Crippen LogP) is 2.71. The molecule has 1 aromatic carbocycles. The molecule has 0 radical (unpaired) electrons. The highest BCUT2D eigenvalue weighted by atomic mass is 16.5. The van der Waals surface area contributed by atoms with Gasteiger partial charge in [-0.05, 0) is 24.1 Å². The van der Waals surface area contributed by atoms with Gasteiger partial charge in [-0.2, -0.15) is 0 Å². The van der Waals surface area contributed by atoms with Crippen LogP contribution in [0, 0.1) is 5.92 Å². The maximum absolute atomic E-state index is 11.3. The number of esters is 1. The number of carbonyl (C=O) groups excluding carboxylic acids is 1. The lowest BCUT2D eigenvalue weighted by molar-refractivity contribution is -0.141. The third kappa shape index (κ3) is 2.03. The molecule has 1 aliphatic heterocycles. The standard InChI is InChI=1S/C13H16O3/c1-3-9-8-12(14)16-13(9)10-4-6-11(15-2)7-5-10/h4-7,9,13H,3,8H2,1-2H3/t9-,13-/m1/s1. The molecule has 86 valence electrons. The van der Waals surface area contributed by atoms with Gasteiger partial charge >= 0.3 is 5.97 Å². The fourth-order valence-electron chi connectivity index (χ4n) is 2.10. The average Bonchev–Trinajstić information content (AvgIpc) is 2.70. The molecule has 16 heavy (non-hydrogen) atoms. The summed E-state index contributed by atoms with van der Waals surface area (Å²) in [6.45, 7) is 2.09. The molecule has 0 N–H and O–H groups in total. The largest absolute Gasteiger partial charge is 0.497 e. The summed E-state index contributed by atoms with van der Waals surface area (Å²) < 4.78 is 10.4. The van der Waals surface area contributed by atoms with E-state index < -0.39 is 0 Å². The van der Waals surface area contributed by atoms with Crippen LogP contribution in [-0.4, -0.2) is 13.1 Å². The van der Waals surface area contributed by atoms with E-state index in [1.165, 1.54) is 0 Å². The molecule has 0 unspecified atom stereocenters. The smallest absolute Gasteiger partial charge is 0.306 e. The number of carbonyl (C=O) groups is 1. The molecule has 2 rings (SSSR count). The van der Waals surface area contributed by atoms with Crippen LogP contribution in [0.1, 0.15) is 31.4 Å². The van der Waals surface area contributed by atoms with E-state index in [1.54, 1.807) is 7.11 Å². The van der Waals surface area contributed by atoms with Crippen LogP contribution in [-0.2, 0) is 9.53 Å². The summed E-state index contributed by atoms with van der Waals surface area (Å²) in [5, 5.41) is 0. The number of methoxy groups -OCH3 is 1. The van der Waals surface area contributed by atoms with E-state index in [0.29, 0.717) is 12.3 Å². The van der Waals surface area contributed by atoms with Crippen molar-refractivity contribution in [1.82, 2.24) is 0 Å². The SMILES string of the molecule is CC[C@@H]1CC(=O)O[C@H]1c1ccc(OC)cc1. The van der Waals surface area contributed by atoms with Gasteiger partial charge in [0.1, 0.15) is 11.9 Å². The Balaban J connectivity index is 2.19. The van der Waals surface area contributed by atoms with Gasteiger partial charge < -0.3 is 9.47 Å². The lowest BCUT2D eigenvalue weighted by Crippen LogP contribution is -2.06. The molecule has 1 fully saturated rings. The van der Waals surface area contributed by atoms with Crippen LogP contribution in [0.25, 0.3) is 0 Å². The number of ether oxygens (including phenoxy) is 2. The Labute approximate surface area is 95.4 Å². The molecule has 1 saturated heterocycles. The zero-order valence-corrected chi connectivity index (χ0v) is 9.60. The van der Waals surface area contributed by atoms with Crippen molar-refractivity contribution in [3.8, 4) is 5.75 Å². The molecule has 3 nitrogen and oxygen atoms in total. The predicted molar refractivity (Wildman–Crippen MR) is 60.2 cm³/mol. The van der Waals surface area contributed by atoms with E-state index in [-0.39, 0.29) is 12.1 Å². The first-order valence-electron chi connectivity index (χ1n) is 5.58. The monoisotopic (exact) mass is 220 g/mol. The Bertz CT molecular complexity index is 369. The second-order valence-corrected chi connectivity index (χ2v) is 4.06. The maximum atomic E-state index is 11.3. The first kappa shape index (κ1) is 11.0. The highest BCUT2D eigenvalue weighted by Gasteiger charge is 2.34. The van der Waals surface area contributed by atoms with Gasteiger partial charge in [0, 0.05) is 5.92 Å². The number of benzene rings is 1. The van der Waals surface area contributed by atoms with Crippen molar-refractivity contribution < 1.29 is 14.3 Å². The quantitative estimate of drug-likeness (QED) is 0.735. The van der Waals surface area contributed by atoms with Crippen molar-refractivity contribution >= 4 is 5.97 Å². The Morgan fingerprint density at radius 2 is 2.06 bits per heavy atom. The average molecular weight is 220 g/mol. The summed E-state index contributed by atoms with van der Waals surface area (Å²) >= 11 is 0. The lowest BCUT2D eigenvalue weighted by Gasteiger charge is -2.16. The summed E-state index contributed by atoms with van der Waals surface area (Å²) in [7, 11) is 1.64. The van der Waals surface area contributed by atoms with Crippen LogP contribution >= 0.6 is 0 Å². The maximum Gasteiger partial charge on any atom is 0.306 e. The molecule has 1 aromatic rings. The van der Waals surface area contributed by atoms with Crippen molar-refractivity contribution in [2.45, 2.75) is 25.9 Å². The minimum atomic E-state index is -0.0901. The molecule has 0 saturated carbocycles. The van der Waals surface area contributed by atoms with Gasteiger partial charge in [-0.3, -0.25) is 4.79 Å². The topological polar surface area (TPSA) is 35.5 Å². The summed E-state index contributed by atoms with van der Waals surface area (Å²) in [6.07, 6.45) is 1.42. The van der Waals surface area contributed by atoms with E-state index in [2.05, 4.69) is 6.92 Å². The van der Waals surface area contributed by atoms with Crippen LogP contribution in [0.2, 0.25) is 0 Å². The summed E-state index contributed by atoms with van der Waals surface area (Å²) in [6, 6.07) is 7.72. The van der Waals surface area contributed by atoms with Crippen molar-refractivity contribution in [1.29, 1.82) is 0 Å². The zero-order chi connectivity index (χ0) is 11.5. The van der Waals surface area contributed by atoms with Crippen LogP contribution in [0.5, 0.6) is 5.75 Å². The first-order chi connectivity index (χ1) is 7.74. The van der Waals surface area contributed by atoms with Gasteiger partial charge in [-0.25, -0.2) is 0 Å². The molecule has 2 atom stereocenters. The molecule has 1 heterocycles. The zero-order valence-electron chi connectivity index (χ0n) is 9.60. The Morgan fingerprint density at radius 3 is 2.62 bits per heavy atom. The van der Waals surface area contributed by atoms with Crippen molar-refractivity contribution in [2.75, 3.05) is 7.11 Å².